The summed E-state index contributed by atoms with van der Waals surface area (Å²) in [7, 11) is 0. The van der Waals surface area contributed by atoms with E-state index in [0.717, 1.165) is 12.8 Å². The summed E-state index contributed by atoms with van der Waals surface area (Å²) in [5, 5.41) is 0. The molecule has 0 aliphatic heterocycles. The van der Waals surface area contributed by atoms with Gasteiger partial charge in [-0.25, -0.2) is 0 Å². The average molecular weight is 319 g/mol. The van der Waals surface area contributed by atoms with E-state index in [4.69, 9.17) is 0 Å². The molecule has 2 aromatic carbocycles. The molecule has 0 saturated heterocycles. The summed E-state index contributed by atoms with van der Waals surface area (Å²) in [4.78, 5) is 2.05. The molecule has 0 spiro atoms. The van der Waals surface area contributed by atoms with Crippen molar-refractivity contribution in [1.29, 1.82) is 0 Å². The lowest BCUT2D eigenvalue weighted by atomic mass is 10.00. The molecule has 0 bridgehead atoms. The van der Waals surface area contributed by atoms with E-state index < -0.39 is 0 Å². The van der Waals surface area contributed by atoms with Crippen LogP contribution in [0.1, 0.15) is 11.1 Å². The molecule has 0 atom stereocenters. The Morgan fingerprint density at radius 1 is 0.778 bits per heavy atom. The first-order chi connectivity index (χ1) is 8.38. The first kappa shape index (κ1) is 14.9. The topological polar surface area (TPSA) is 0 Å². The summed E-state index contributed by atoms with van der Waals surface area (Å²) in [5.41, 5.74) is 4.10. The summed E-state index contributed by atoms with van der Waals surface area (Å²) in [5.74, 6) is 0. The number of hydrogen-bond donors (Lipinski definition) is 0. The van der Waals surface area contributed by atoms with Gasteiger partial charge in [0.1, 0.15) is 0 Å². The van der Waals surface area contributed by atoms with Crippen LogP contribution in [0.25, 0.3) is 0 Å². The van der Waals surface area contributed by atoms with Gasteiger partial charge in [-0.1, -0.05) is 82.2 Å². The van der Waals surface area contributed by atoms with Crippen LogP contribution in [0.5, 0.6) is 0 Å². The highest BCUT2D eigenvalue weighted by molar-refractivity contribution is 9.11. The van der Waals surface area contributed by atoms with Gasteiger partial charge < -0.3 is 0 Å². The standard InChI is InChI=1S/C16H15Br.H4Si/c17-13-16(11-14-7-3-1-4-8-14)12-15-9-5-2-6-10-15;/h1-10,13H,11-12H2;1H4. The van der Waals surface area contributed by atoms with Gasteiger partial charge in [0, 0.05) is 0 Å². The third kappa shape index (κ3) is 4.63. The fourth-order valence-corrected chi connectivity index (χ4v) is 2.18. The Kier molecular flexibility index (Phi) is 6.69. The third-order valence-electron chi connectivity index (χ3n) is 2.70. The van der Waals surface area contributed by atoms with Crippen LogP contribution in [-0.2, 0) is 12.8 Å². The van der Waals surface area contributed by atoms with Gasteiger partial charge in [-0.15, -0.1) is 0 Å². The zero-order valence-electron chi connectivity index (χ0n) is 9.64. The molecule has 0 aliphatic rings. The van der Waals surface area contributed by atoms with Crippen molar-refractivity contribution in [3.05, 3.63) is 82.3 Å². The number of allylic oxidation sites excluding steroid dienone is 1. The fraction of sp³-hybridized carbons (Fsp3) is 0.125. The van der Waals surface area contributed by atoms with Crippen molar-refractivity contribution in [1.82, 2.24) is 0 Å². The molecule has 2 heteroatoms. The molecular weight excluding hydrogens is 300 g/mol. The van der Waals surface area contributed by atoms with Crippen LogP contribution in [-0.4, -0.2) is 11.0 Å². The second kappa shape index (κ2) is 8.06. The fourth-order valence-electron chi connectivity index (χ4n) is 1.86. The lowest BCUT2D eigenvalue weighted by Crippen LogP contribution is -1.94. The molecule has 0 radical (unpaired) electrons. The molecule has 0 nitrogen and oxygen atoms in total. The molecule has 0 amide bonds. The molecule has 0 saturated carbocycles. The molecule has 2 aromatic rings. The molecule has 0 unspecified atom stereocenters. The van der Waals surface area contributed by atoms with E-state index >= 15 is 0 Å². The van der Waals surface area contributed by atoms with E-state index in [1.807, 2.05) is 4.99 Å². The van der Waals surface area contributed by atoms with Crippen LogP contribution in [0.2, 0.25) is 0 Å². The van der Waals surface area contributed by atoms with Crippen LogP contribution >= 0.6 is 15.9 Å². The van der Waals surface area contributed by atoms with E-state index in [-0.39, 0.29) is 11.0 Å². The van der Waals surface area contributed by atoms with Crippen molar-refractivity contribution in [3.63, 3.8) is 0 Å². The minimum absolute atomic E-state index is 0. The van der Waals surface area contributed by atoms with Gasteiger partial charge in [0.2, 0.25) is 0 Å². The number of hydrogen-bond acceptors (Lipinski definition) is 0. The third-order valence-corrected chi connectivity index (χ3v) is 3.35. The first-order valence-electron chi connectivity index (χ1n) is 5.74. The molecule has 18 heavy (non-hydrogen) atoms. The summed E-state index contributed by atoms with van der Waals surface area (Å²) >= 11 is 3.47. The Balaban J connectivity index is 0.00000162. The predicted octanol–water partition coefficient (Wildman–Crippen LogP) is 3.30. The van der Waals surface area contributed by atoms with E-state index in [2.05, 4.69) is 76.6 Å². The Labute approximate surface area is 122 Å². The monoisotopic (exact) mass is 318 g/mol. The Hall–Kier alpha value is -1.12. The molecule has 2 rings (SSSR count). The molecule has 0 N–H and O–H groups in total. The summed E-state index contributed by atoms with van der Waals surface area (Å²) in [6, 6.07) is 21.1. The lowest BCUT2D eigenvalue weighted by molar-refractivity contribution is 1.04. The van der Waals surface area contributed by atoms with Crippen LogP contribution < -0.4 is 0 Å². The highest BCUT2D eigenvalue weighted by Crippen LogP contribution is 2.15. The minimum atomic E-state index is 0. The predicted molar refractivity (Wildman–Crippen MR) is 88.6 cm³/mol. The molecule has 0 heterocycles. The smallest absolute Gasteiger partial charge is 0.00555 e. The Bertz CT molecular complexity index is 433. The SMILES string of the molecule is BrC=C(Cc1ccccc1)Cc1ccccc1.[SiH4]. The van der Waals surface area contributed by atoms with Crippen molar-refractivity contribution in [2.45, 2.75) is 12.8 Å². The second-order valence-corrected chi connectivity index (χ2v) is 4.55. The van der Waals surface area contributed by atoms with E-state index in [1.165, 1.54) is 16.7 Å². The Morgan fingerprint density at radius 2 is 1.17 bits per heavy atom. The zero-order chi connectivity index (χ0) is 11.9. The second-order valence-electron chi connectivity index (χ2n) is 4.09. The molecule has 0 aliphatic carbocycles. The first-order valence-corrected chi connectivity index (χ1v) is 6.66. The lowest BCUT2D eigenvalue weighted by Gasteiger charge is -2.07. The largest absolute Gasteiger partial charge is 0.0622 e. The molecule has 0 fully saturated rings. The van der Waals surface area contributed by atoms with Gasteiger partial charge in [-0.2, -0.15) is 0 Å². The maximum atomic E-state index is 3.47. The highest BCUT2D eigenvalue weighted by Gasteiger charge is 2.00. The number of halogens is 1. The average Bonchev–Trinajstić information content (AvgIpc) is 2.40. The van der Waals surface area contributed by atoms with Crippen LogP contribution in [0.4, 0.5) is 0 Å². The normalized spacial score (nSPS) is 9.39. The summed E-state index contributed by atoms with van der Waals surface area (Å²) in [6.07, 6.45) is 2.00. The van der Waals surface area contributed by atoms with E-state index in [1.54, 1.807) is 0 Å². The van der Waals surface area contributed by atoms with Crippen LogP contribution in [0.15, 0.2) is 71.2 Å². The van der Waals surface area contributed by atoms with Crippen molar-refractivity contribution in [2.75, 3.05) is 0 Å². The van der Waals surface area contributed by atoms with Crippen LogP contribution in [0.3, 0.4) is 0 Å². The molecule has 94 valence electrons. The highest BCUT2D eigenvalue weighted by atomic mass is 79.9. The van der Waals surface area contributed by atoms with E-state index in [0.29, 0.717) is 0 Å². The van der Waals surface area contributed by atoms with Gasteiger partial charge in [0.05, 0.1) is 0 Å². The maximum Gasteiger partial charge on any atom is -0.00555 e. The van der Waals surface area contributed by atoms with Crippen LogP contribution in [0, 0.1) is 0 Å². The molecular formula is C16H19BrSi. The van der Waals surface area contributed by atoms with Crippen molar-refractivity contribution < 1.29 is 0 Å². The van der Waals surface area contributed by atoms with Gasteiger partial charge >= 0.3 is 0 Å². The van der Waals surface area contributed by atoms with Gasteiger partial charge in [-0.3, -0.25) is 0 Å². The minimum Gasteiger partial charge on any atom is -0.0622 e. The summed E-state index contributed by atoms with van der Waals surface area (Å²) in [6.45, 7) is 0. The van der Waals surface area contributed by atoms with Crippen molar-refractivity contribution in [3.8, 4) is 0 Å². The van der Waals surface area contributed by atoms with Gasteiger partial charge in [-0.05, 0) is 39.9 Å². The summed E-state index contributed by atoms with van der Waals surface area (Å²) < 4.78 is 0. The maximum absolute atomic E-state index is 3.47. The Morgan fingerprint density at radius 3 is 1.50 bits per heavy atom. The quantitative estimate of drug-likeness (QED) is 0.759. The number of rotatable bonds is 4. The van der Waals surface area contributed by atoms with E-state index in [9.17, 15) is 0 Å². The number of benzene rings is 2. The van der Waals surface area contributed by atoms with Crippen molar-refractivity contribution in [2.24, 2.45) is 0 Å². The molecule has 0 aromatic heterocycles. The zero-order valence-corrected chi connectivity index (χ0v) is 11.2. The van der Waals surface area contributed by atoms with Crippen molar-refractivity contribution >= 4 is 26.9 Å². The van der Waals surface area contributed by atoms with Gasteiger partial charge in [0.25, 0.3) is 0 Å². The van der Waals surface area contributed by atoms with Gasteiger partial charge in [0.15, 0.2) is 0 Å².